The van der Waals surface area contributed by atoms with E-state index < -0.39 is 0 Å². The fourth-order valence-corrected chi connectivity index (χ4v) is 3.07. The zero-order valence-corrected chi connectivity index (χ0v) is 19.5. The average molecular weight is 386 g/mol. The van der Waals surface area contributed by atoms with Gasteiger partial charge in [0.1, 0.15) is 6.10 Å². The van der Waals surface area contributed by atoms with Gasteiger partial charge in [-0.25, -0.2) is 0 Å². The van der Waals surface area contributed by atoms with Crippen molar-refractivity contribution in [1.29, 1.82) is 5.41 Å². The third-order valence-corrected chi connectivity index (χ3v) is 5.36. The van der Waals surface area contributed by atoms with Gasteiger partial charge in [0.05, 0.1) is 6.61 Å². The molecule has 0 aromatic carbocycles. The lowest BCUT2D eigenvalue weighted by molar-refractivity contribution is 0.0828. The summed E-state index contributed by atoms with van der Waals surface area (Å²) in [7, 11) is 0. The predicted molar refractivity (Wildman–Crippen MR) is 121 cm³/mol. The molecule has 0 fully saturated rings. The Labute approximate surface area is 171 Å². The van der Waals surface area contributed by atoms with E-state index in [1.54, 1.807) is 0 Å². The van der Waals surface area contributed by atoms with E-state index in [9.17, 15) is 5.11 Å². The molecule has 3 heteroatoms. The highest BCUT2D eigenvalue weighted by Crippen LogP contribution is 2.33. The zero-order valence-electron chi connectivity index (χ0n) is 19.5. The number of hydrogen-bond acceptors (Lipinski definition) is 3. The first-order chi connectivity index (χ1) is 12.9. The molecule has 0 aliphatic rings. The summed E-state index contributed by atoms with van der Waals surface area (Å²) in [6.45, 7) is 13.0. The van der Waals surface area contributed by atoms with Gasteiger partial charge >= 0.3 is 0 Å². The van der Waals surface area contributed by atoms with Crippen LogP contribution in [0.25, 0.3) is 0 Å². The smallest absolute Gasteiger partial charge is 0.186 e. The van der Waals surface area contributed by atoms with Crippen molar-refractivity contribution in [2.24, 2.45) is 5.41 Å². The maximum Gasteiger partial charge on any atom is 0.186 e. The summed E-state index contributed by atoms with van der Waals surface area (Å²) >= 11 is 0. The molecule has 0 rings (SSSR count). The molecule has 0 amide bonds. The molecule has 0 saturated heterocycles. The van der Waals surface area contributed by atoms with Crippen molar-refractivity contribution >= 4 is 5.90 Å². The van der Waals surface area contributed by atoms with Crippen LogP contribution in [0.4, 0.5) is 0 Å². The highest BCUT2D eigenvalue weighted by atomic mass is 16.5. The second-order valence-electron chi connectivity index (χ2n) is 8.20. The Hall–Kier alpha value is -0.570. The molecule has 0 aromatic rings. The molecular formula is C24H51NO2. The first-order valence-electron chi connectivity index (χ1n) is 11.8. The van der Waals surface area contributed by atoms with Crippen molar-refractivity contribution < 1.29 is 9.84 Å². The third kappa shape index (κ3) is 16.1. The summed E-state index contributed by atoms with van der Waals surface area (Å²) in [6, 6.07) is 0. The van der Waals surface area contributed by atoms with Crippen LogP contribution in [0.15, 0.2) is 0 Å². The van der Waals surface area contributed by atoms with E-state index in [1.807, 2.05) is 6.92 Å². The lowest BCUT2D eigenvalue weighted by atomic mass is 9.80. The SMILES string of the molecule is CCCCC(C)(CCCC)C(=N)OC(CC)CO.CCCCCCCCC. The molecule has 164 valence electrons. The number of unbranched alkanes of at least 4 members (excludes halogenated alkanes) is 8. The minimum Gasteiger partial charge on any atom is -0.475 e. The Morgan fingerprint density at radius 3 is 1.52 bits per heavy atom. The molecule has 0 spiro atoms. The van der Waals surface area contributed by atoms with Crippen LogP contribution in [0.3, 0.4) is 0 Å². The fourth-order valence-electron chi connectivity index (χ4n) is 3.07. The summed E-state index contributed by atoms with van der Waals surface area (Å²) in [6.07, 6.45) is 17.0. The summed E-state index contributed by atoms with van der Waals surface area (Å²) < 4.78 is 5.64. The number of rotatable bonds is 16. The van der Waals surface area contributed by atoms with E-state index in [0.717, 1.165) is 44.9 Å². The lowest BCUT2D eigenvalue weighted by Crippen LogP contribution is -2.33. The highest BCUT2D eigenvalue weighted by molar-refractivity contribution is 5.79. The first kappa shape index (κ1) is 28.6. The van der Waals surface area contributed by atoms with E-state index in [4.69, 9.17) is 10.1 Å². The van der Waals surface area contributed by atoms with E-state index >= 15 is 0 Å². The normalized spacial score (nSPS) is 12.3. The summed E-state index contributed by atoms with van der Waals surface area (Å²) in [4.78, 5) is 0. The first-order valence-corrected chi connectivity index (χ1v) is 11.8. The van der Waals surface area contributed by atoms with Crippen LogP contribution in [-0.4, -0.2) is 23.7 Å². The molecule has 0 bridgehead atoms. The van der Waals surface area contributed by atoms with Crippen LogP contribution < -0.4 is 0 Å². The standard InChI is InChI=1S/C15H31NO2.C9H20/c1-5-8-10-15(4,11-9-6-2)14(16)18-13(7-3)12-17;1-3-5-7-9-8-6-4-2/h13,16-17H,5-12H2,1-4H3;3-9H2,1-2H3. The molecular weight excluding hydrogens is 334 g/mol. The number of ether oxygens (including phenoxy) is 1. The van der Waals surface area contributed by atoms with Crippen LogP contribution in [0, 0.1) is 10.8 Å². The Morgan fingerprint density at radius 2 is 1.19 bits per heavy atom. The molecule has 0 aromatic heterocycles. The van der Waals surface area contributed by atoms with Gasteiger partial charge < -0.3 is 9.84 Å². The minimum atomic E-state index is -0.222. The van der Waals surface area contributed by atoms with E-state index in [2.05, 4.69) is 34.6 Å². The minimum absolute atomic E-state index is 0.00346. The van der Waals surface area contributed by atoms with Crippen LogP contribution in [0.2, 0.25) is 0 Å². The Morgan fingerprint density at radius 1 is 0.778 bits per heavy atom. The molecule has 0 radical (unpaired) electrons. The third-order valence-electron chi connectivity index (χ3n) is 5.36. The molecule has 2 N–H and O–H groups in total. The van der Waals surface area contributed by atoms with Crippen molar-refractivity contribution in [3.05, 3.63) is 0 Å². The van der Waals surface area contributed by atoms with Crippen molar-refractivity contribution in [3.8, 4) is 0 Å². The summed E-state index contributed by atoms with van der Waals surface area (Å²) in [5, 5.41) is 17.4. The monoisotopic (exact) mass is 385 g/mol. The molecule has 27 heavy (non-hydrogen) atoms. The van der Waals surface area contributed by atoms with Crippen LogP contribution in [0.1, 0.15) is 131 Å². The van der Waals surface area contributed by atoms with Crippen molar-refractivity contribution in [1.82, 2.24) is 0 Å². The van der Waals surface area contributed by atoms with Gasteiger partial charge in [0, 0.05) is 5.41 Å². The molecule has 0 heterocycles. The molecule has 0 aliphatic heterocycles. The summed E-state index contributed by atoms with van der Waals surface area (Å²) in [5.74, 6) is 0.366. The van der Waals surface area contributed by atoms with Crippen LogP contribution in [-0.2, 0) is 4.74 Å². The second kappa shape index (κ2) is 20.2. The van der Waals surface area contributed by atoms with E-state index in [1.165, 1.54) is 44.9 Å². The number of aliphatic hydroxyl groups excluding tert-OH is 1. The van der Waals surface area contributed by atoms with Crippen LogP contribution >= 0.6 is 0 Å². The van der Waals surface area contributed by atoms with Gasteiger partial charge in [-0.2, -0.15) is 0 Å². The van der Waals surface area contributed by atoms with Gasteiger partial charge in [-0.05, 0) is 19.3 Å². The summed E-state index contributed by atoms with van der Waals surface area (Å²) in [5.41, 5.74) is -0.158. The molecule has 1 unspecified atom stereocenters. The lowest BCUT2D eigenvalue weighted by Gasteiger charge is -2.31. The Balaban J connectivity index is 0. The van der Waals surface area contributed by atoms with Crippen molar-refractivity contribution in [3.63, 3.8) is 0 Å². The van der Waals surface area contributed by atoms with E-state index in [0.29, 0.717) is 5.90 Å². The van der Waals surface area contributed by atoms with Crippen LogP contribution in [0.5, 0.6) is 0 Å². The zero-order chi connectivity index (χ0) is 21.0. The Kier molecular flexibility index (Phi) is 21.4. The van der Waals surface area contributed by atoms with Crippen molar-refractivity contribution in [2.45, 2.75) is 138 Å². The second-order valence-corrected chi connectivity index (χ2v) is 8.20. The van der Waals surface area contributed by atoms with E-state index in [-0.39, 0.29) is 18.1 Å². The quantitative estimate of drug-likeness (QED) is 0.161. The molecule has 0 saturated carbocycles. The van der Waals surface area contributed by atoms with Gasteiger partial charge in [-0.1, -0.05) is 112 Å². The molecule has 1 atom stereocenters. The number of nitrogens with one attached hydrogen (secondary N) is 1. The number of hydrogen-bond donors (Lipinski definition) is 2. The van der Waals surface area contributed by atoms with Gasteiger partial charge in [0.15, 0.2) is 5.90 Å². The Bertz CT molecular complexity index is 300. The van der Waals surface area contributed by atoms with Crippen molar-refractivity contribution in [2.75, 3.05) is 6.61 Å². The topological polar surface area (TPSA) is 53.3 Å². The van der Waals surface area contributed by atoms with Gasteiger partial charge in [0.25, 0.3) is 0 Å². The molecule has 3 nitrogen and oxygen atoms in total. The molecule has 0 aliphatic carbocycles. The largest absolute Gasteiger partial charge is 0.475 e. The van der Waals surface area contributed by atoms with Gasteiger partial charge in [-0.3, -0.25) is 5.41 Å². The predicted octanol–water partition coefficient (Wildman–Crippen LogP) is 7.89. The maximum absolute atomic E-state index is 9.17. The highest BCUT2D eigenvalue weighted by Gasteiger charge is 2.31. The maximum atomic E-state index is 9.17. The van der Waals surface area contributed by atoms with Gasteiger partial charge in [0.2, 0.25) is 0 Å². The van der Waals surface area contributed by atoms with Gasteiger partial charge in [-0.15, -0.1) is 0 Å². The fraction of sp³-hybridized carbons (Fsp3) is 0.958. The number of aliphatic hydroxyl groups is 1. The average Bonchev–Trinajstić information content (AvgIpc) is 2.69.